The van der Waals surface area contributed by atoms with Crippen molar-refractivity contribution in [3.63, 3.8) is 0 Å². The molecular formula is C26H36N8O. The number of aromatic nitrogens is 3. The zero-order valence-corrected chi connectivity index (χ0v) is 21.5. The van der Waals surface area contributed by atoms with Gasteiger partial charge in [-0.2, -0.15) is 4.98 Å². The molecule has 3 heterocycles. The molecule has 1 aromatic carbocycles. The van der Waals surface area contributed by atoms with Crippen molar-refractivity contribution in [2.45, 2.75) is 59.2 Å². The number of amides is 2. The van der Waals surface area contributed by atoms with Crippen LogP contribution in [0.2, 0.25) is 0 Å². The van der Waals surface area contributed by atoms with Crippen LogP contribution in [0.4, 0.5) is 27.9 Å². The third kappa shape index (κ3) is 6.16. The van der Waals surface area contributed by atoms with Gasteiger partial charge >= 0.3 is 6.03 Å². The molecule has 0 radical (unpaired) electrons. The number of pyridine rings is 1. The van der Waals surface area contributed by atoms with Crippen LogP contribution in [0.3, 0.4) is 0 Å². The quantitative estimate of drug-likeness (QED) is 0.505. The Bertz CT molecular complexity index is 1160. The molecule has 0 spiro atoms. The summed E-state index contributed by atoms with van der Waals surface area (Å²) in [4.78, 5) is 30.4. The van der Waals surface area contributed by atoms with Crippen molar-refractivity contribution in [1.29, 1.82) is 0 Å². The first kappa shape index (κ1) is 24.7. The van der Waals surface area contributed by atoms with E-state index in [1.807, 2.05) is 52.0 Å². The summed E-state index contributed by atoms with van der Waals surface area (Å²) in [7, 11) is 0. The van der Waals surface area contributed by atoms with E-state index in [1.165, 1.54) is 5.69 Å². The highest BCUT2D eigenvalue weighted by molar-refractivity contribution is 5.92. The SMILES string of the molecule is CCN(C(=O)NC(C)(C)C)c1ccc2cnc(Nc3ccc(N4CC(C)NC(C)C4)cc3)nc2n1. The zero-order chi connectivity index (χ0) is 25.2. The molecule has 2 unspecified atom stereocenters. The Morgan fingerprint density at radius 3 is 2.40 bits per heavy atom. The molecule has 1 aliphatic heterocycles. The normalized spacial score (nSPS) is 18.4. The molecule has 3 aromatic rings. The number of carbonyl (C=O) groups excluding carboxylic acids is 1. The van der Waals surface area contributed by atoms with E-state index in [-0.39, 0.29) is 11.6 Å². The Balaban J connectivity index is 1.50. The largest absolute Gasteiger partial charge is 0.368 e. The first-order chi connectivity index (χ1) is 16.6. The number of hydrogen-bond donors (Lipinski definition) is 3. The van der Waals surface area contributed by atoms with Gasteiger partial charge in [0, 0.05) is 60.2 Å². The summed E-state index contributed by atoms with van der Waals surface area (Å²) in [6, 6.07) is 12.8. The fourth-order valence-electron chi connectivity index (χ4n) is 4.33. The van der Waals surface area contributed by atoms with Gasteiger partial charge in [0.25, 0.3) is 0 Å². The molecule has 2 amide bonds. The standard InChI is InChI=1S/C26H36N8O/c1-7-34(25(35)32-26(4,5)6)22-13-8-19-14-27-24(31-23(19)30-22)29-20-9-11-21(12-10-20)33-15-17(2)28-18(3)16-33/h8-14,17-18,28H,7,15-16H2,1-6H3,(H,32,35)(H,27,29,30,31). The average Bonchev–Trinajstić information content (AvgIpc) is 2.78. The monoisotopic (exact) mass is 476 g/mol. The van der Waals surface area contributed by atoms with Gasteiger partial charge < -0.3 is 20.9 Å². The summed E-state index contributed by atoms with van der Waals surface area (Å²) in [6.45, 7) is 14.7. The van der Waals surface area contributed by atoms with Crippen molar-refractivity contribution in [2.75, 3.05) is 34.8 Å². The Morgan fingerprint density at radius 1 is 1.09 bits per heavy atom. The molecule has 2 aromatic heterocycles. The lowest BCUT2D eigenvalue weighted by molar-refractivity contribution is 0.238. The van der Waals surface area contributed by atoms with Gasteiger partial charge in [-0.3, -0.25) is 4.90 Å². The minimum Gasteiger partial charge on any atom is -0.368 e. The number of benzene rings is 1. The highest BCUT2D eigenvalue weighted by atomic mass is 16.2. The second kappa shape index (κ2) is 10.0. The Morgan fingerprint density at radius 2 is 1.77 bits per heavy atom. The Labute approximate surface area is 207 Å². The number of hydrogen-bond acceptors (Lipinski definition) is 7. The lowest BCUT2D eigenvalue weighted by atomic mass is 10.1. The van der Waals surface area contributed by atoms with E-state index in [0.717, 1.165) is 24.2 Å². The number of nitrogens with zero attached hydrogens (tertiary/aromatic N) is 5. The van der Waals surface area contributed by atoms with E-state index in [9.17, 15) is 4.79 Å². The molecule has 9 heteroatoms. The topological polar surface area (TPSA) is 98.3 Å². The maximum absolute atomic E-state index is 12.7. The minimum absolute atomic E-state index is 0.187. The van der Waals surface area contributed by atoms with E-state index in [1.54, 1.807) is 11.1 Å². The van der Waals surface area contributed by atoms with Crippen LogP contribution in [-0.2, 0) is 0 Å². The fraction of sp³-hybridized carbons (Fsp3) is 0.462. The second-order valence-corrected chi connectivity index (χ2v) is 10.2. The summed E-state index contributed by atoms with van der Waals surface area (Å²) in [5.41, 5.74) is 2.30. The third-order valence-electron chi connectivity index (χ3n) is 5.79. The van der Waals surface area contributed by atoms with E-state index in [0.29, 0.717) is 36.0 Å². The van der Waals surface area contributed by atoms with Crippen LogP contribution in [0.1, 0.15) is 41.5 Å². The van der Waals surface area contributed by atoms with Crippen LogP contribution >= 0.6 is 0 Å². The molecule has 2 atom stereocenters. The van der Waals surface area contributed by atoms with E-state index >= 15 is 0 Å². The van der Waals surface area contributed by atoms with Gasteiger partial charge in [0.05, 0.1) is 0 Å². The van der Waals surface area contributed by atoms with Crippen LogP contribution in [0.15, 0.2) is 42.6 Å². The Kier molecular flexibility index (Phi) is 7.07. The molecular weight excluding hydrogens is 440 g/mol. The fourth-order valence-corrected chi connectivity index (χ4v) is 4.33. The van der Waals surface area contributed by atoms with Gasteiger partial charge in [-0.15, -0.1) is 0 Å². The maximum atomic E-state index is 12.7. The molecule has 35 heavy (non-hydrogen) atoms. The molecule has 9 nitrogen and oxygen atoms in total. The van der Waals surface area contributed by atoms with Crippen molar-refractivity contribution in [3.8, 4) is 0 Å². The van der Waals surface area contributed by atoms with Crippen molar-refractivity contribution in [3.05, 3.63) is 42.6 Å². The van der Waals surface area contributed by atoms with E-state index < -0.39 is 0 Å². The smallest absolute Gasteiger partial charge is 0.323 e. The third-order valence-corrected chi connectivity index (χ3v) is 5.79. The summed E-state index contributed by atoms with van der Waals surface area (Å²) in [5.74, 6) is 1.01. The highest BCUT2D eigenvalue weighted by Crippen LogP contribution is 2.23. The number of nitrogens with one attached hydrogen (secondary N) is 3. The highest BCUT2D eigenvalue weighted by Gasteiger charge is 2.22. The summed E-state index contributed by atoms with van der Waals surface area (Å²) >= 11 is 0. The number of fused-ring (bicyclic) bond motifs is 1. The van der Waals surface area contributed by atoms with Crippen LogP contribution in [0, 0.1) is 0 Å². The van der Waals surface area contributed by atoms with Gasteiger partial charge in [0.15, 0.2) is 5.65 Å². The Hall–Kier alpha value is -3.46. The van der Waals surface area contributed by atoms with Crippen molar-refractivity contribution >= 4 is 40.2 Å². The van der Waals surface area contributed by atoms with Crippen molar-refractivity contribution in [2.24, 2.45) is 0 Å². The number of carbonyl (C=O) groups is 1. The van der Waals surface area contributed by atoms with E-state index in [2.05, 4.69) is 61.8 Å². The van der Waals surface area contributed by atoms with Crippen molar-refractivity contribution < 1.29 is 4.79 Å². The summed E-state index contributed by atoms with van der Waals surface area (Å²) < 4.78 is 0. The molecule has 4 rings (SSSR count). The number of anilines is 4. The lowest BCUT2D eigenvalue weighted by Crippen LogP contribution is -2.54. The van der Waals surface area contributed by atoms with Crippen LogP contribution < -0.4 is 25.8 Å². The summed E-state index contributed by atoms with van der Waals surface area (Å²) in [5, 5.41) is 10.6. The lowest BCUT2D eigenvalue weighted by Gasteiger charge is -2.37. The van der Waals surface area contributed by atoms with Crippen LogP contribution in [-0.4, -0.2) is 58.2 Å². The molecule has 0 saturated carbocycles. The molecule has 186 valence electrons. The first-order valence-corrected chi connectivity index (χ1v) is 12.2. The van der Waals surface area contributed by atoms with Gasteiger partial charge in [-0.05, 0) is 77.9 Å². The maximum Gasteiger partial charge on any atom is 0.323 e. The summed E-state index contributed by atoms with van der Waals surface area (Å²) in [6.07, 6.45) is 1.74. The number of piperazine rings is 1. The molecule has 0 aliphatic carbocycles. The number of rotatable bonds is 5. The molecule has 0 bridgehead atoms. The molecule has 1 aliphatic rings. The minimum atomic E-state index is -0.336. The molecule has 1 fully saturated rings. The predicted octanol–water partition coefficient (Wildman–Crippen LogP) is 4.29. The number of urea groups is 1. The predicted molar refractivity (Wildman–Crippen MR) is 143 cm³/mol. The average molecular weight is 477 g/mol. The van der Waals surface area contributed by atoms with Crippen LogP contribution in [0.5, 0.6) is 0 Å². The van der Waals surface area contributed by atoms with E-state index in [4.69, 9.17) is 0 Å². The van der Waals surface area contributed by atoms with Gasteiger partial charge in [0.2, 0.25) is 5.95 Å². The van der Waals surface area contributed by atoms with Gasteiger partial charge in [-0.25, -0.2) is 14.8 Å². The van der Waals surface area contributed by atoms with Gasteiger partial charge in [0.1, 0.15) is 5.82 Å². The zero-order valence-electron chi connectivity index (χ0n) is 21.5. The molecule has 1 saturated heterocycles. The van der Waals surface area contributed by atoms with Crippen molar-refractivity contribution in [1.82, 2.24) is 25.6 Å². The van der Waals surface area contributed by atoms with Crippen LogP contribution in [0.25, 0.3) is 11.0 Å². The molecule has 3 N–H and O–H groups in total. The second-order valence-electron chi connectivity index (χ2n) is 10.2. The van der Waals surface area contributed by atoms with Gasteiger partial charge in [-0.1, -0.05) is 0 Å². The first-order valence-electron chi connectivity index (χ1n) is 12.2.